The number of sulfonamides is 2. The number of hydrogen-bond donors (Lipinski definition) is 2. The number of morpholine rings is 1. The zero-order valence-electron chi connectivity index (χ0n) is 14.9. The van der Waals surface area contributed by atoms with E-state index in [0.717, 1.165) is 6.07 Å². The molecule has 0 aromatic heterocycles. The van der Waals surface area contributed by atoms with Crippen LogP contribution in [0, 0.1) is 0 Å². The summed E-state index contributed by atoms with van der Waals surface area (Å²) in [6, 6.07) is 8.45. The number of nitrogens with one attached hydrogen (secondary N) is 1. The standard InChI is InChI=1S/C17H17ClN2O7S2/c18-16-6-1-12(11-15(16)17(21)22)19-28(23,24)13-2-4-14(5-3-13)29(25,26)20-7-9-27-10-8-20/h1-6,11,19H,7-10H2,(H,21,22). The molecule has 29 heavy (non-hydrogen) atoms. The Morgan fingerprint density at radius 2 is 1.59 bits per heavy atom. The second kappa shape index (κ2) is 8.28. The summed E-state index contributed by atoms with van der Waals surface area (Å²) in [7, 11) is -7.82. The minimum absolute atomic E-state index is 0.0109. The molecule has 0 saturated carbocycles. The maximum Gasteiger partial charge on any atom is 0.337 e. The van der Waals surface area contributed by atoms with Gasteiger partial charge in [-0.05, 0) is 42.5 Å². The number of ether oxygens (including phenoxy) is 1. The Labute approximate surface area is 173 Å². The molecule has 1 heterocycles. The largest absolute Gasteiger partial charge is 0.478 e. The highest BCUT2D eigenvalue weighted by Gasteiger charge is 2.27. The molecule has 12 heteroatoms. The second-order valence-electron chi connectivity index (χ2n) is 6.09. The third kappa shape index (κ3) is 4.70. The van der Waals surface area contributed by atoms with E-state index in [-0.39, 0.29) is 39.2 Å². The SMILES string of the molecule is O=C(O)c1cc(NS(=O)(=O)c2ccc(S(=O)(=O)N3CCOCC3)cc2)ccc1Cl. The molecule has 1 saturated heterocycles. The van der Waals surface area contributed by atoms with Crippen LogP contribution in [-0.2, 0) is 24.8 Å². The van der Waals surface area contributed by atoms with Crippen molar-refractivity contribution in [2.75, 3.05) is 31.0 Å². The molecule has 0 bridgehead atoms. The number of anilines is 1. The van der Waals surface area contributed by atoms with Gasteiger partial charge in [-0.2, -0.15) is 4.31 Å². The summed E-state index contributed by atoms with van der Waals surface area (Å²) in [6.45, 7) is 1.06. The minimum atomic E-state index is -4.07. The number of halogens is 1. The van der Waals surface area contributed by atoms with E-state index in [4.69, 9.17) is 21.4 Å². The molecule has 1 fully saturated rings. The lowest BCUT2D eigenvalue weighted by Gasteiger charge is -2.26. The summed E-state index contributed by atoms with van der Waals surface area (Å²) in [5, 5.41) is 9.06. The van der Waals surface area contributed by atoms with E-state index in [2.05, 4.69) is 4.72 Å². The highest BCUT2D eigenvalue weighted by Crippen LogP contribution is 2.24. The fourth-order valence-corrected chi connectivity index (χ4v) is 5.35. The van der Waals surface area contributed by atoms with E-state index in [9.17, 15) is 21.6 Å². The van der Waals surface area contributed by atoms with Gasteiger partial charge in [-0.25, -0.2) is 21.6 Å². The zero-order valence-corrected chi connectivity index (χ0v) is 17.3. The van der Waals surface area contributed by atoms with Crippen molar-refractivity contribution < 1.29 is 31.5 Å². The number of rotatable bonds is 6. The number of aromatic carboxylic acids is 1. The van der Waals surface area contributed by atoms with Gasteiger partial charge in [0.05, 0.1) is 33.6 Å². The molecule has 0 aliphatic carbocycles. The minimum Gasteiger partial charge on any atom is -0.478 e. The first kappa shape index (κ1) is 21.5. The Kier molecular flexibility index (Phi) is 6.15. The lowest BCUT2D eigenvalue weighted by molar-refractivity contribution is 0.0697. The lowest BCUT2D eigenvalue weighted by atomic mass is 10.2. The van der Waals surface area contributed by atoms with Crippen LogP contribution in [0.2, 0.25) is 5.02 Å². The van der Waals surface area contributed by atoms with E-state index in [0.29, 0.717) is 13.2 Å². The van der Waals surface area contributed by atoms with E-state index < -0.39 is 26.0 Å². The smallest absolute Gasteiger partial charge is 0.337 e. The number of carboxylic acid groups (broad SMARTS) is 1. The molecule has 0 amide bonds. The van der Waals surface area contributed by atoms with Gasteiger partial charge >= 0.3 is 5.97 Å². The van der Waals surface area contributed by atoms with E-state index >= 15 is 0 Å². The van der Waals surface area contributed by atoms with Crippen molar-refractivity contribution in [3.63, 3.8) is 0 Å². The molecule has 0 unspecified atom stereocenters. The Morgan fingerprint density at radius 3 is 2.17 bits per heavy atom. The normalized spacial score (nSPS) is 15.8. The van der Waals surface area contributed by atoms with Gasteiger partial charge in [0.25, 0.3) is 10.0 Å². The average molecular weight is 461 g/mol. The van der Waals surface area contributed by atoms with Crippen molar-refractivity contribution >= 4 is 43.3 Å². The molecule has 3 rings (SSSR count). The van der Waals surface area contributed by atoms with E-state index in [1.54, 1.807) is 0 Å². The van der Waals surface area contributed by atoms with Crippen molar-refractivity contribution in [3.05, 3.63) is 53.1 Å². The second-order valence-corrected chi connectivity index (χ2v) is 10.1. The third-order valence-electron chi connectivity index (χ3n) is 4.19. The number of hydrogen-bond acceptors (Lipinski definition) is 6. The Morgan fingerprint density at radius 1 is 1.00 bits per heavy atom. The molecular weight excluding hydrogens is 444 g/mol. The molecule has 1 aliphatic rings. The van der Waals surface area contributed by atoms with Gasteiger partial charge in [-0.15, -0.1) is 0 Å². The van der Waals surface area contributed by atoms with Crippen LogP contribution in [0.25, 0.3) is 0 Å². The molecule has 2 aromatic rings. The predicted molar refractivity (Wildman–Crippen MR) is 105 cm³/mol. The lowest BCUT2D eigenvalue weighted by Crippen LogP contribution is -2.40. The number of carbonyl (C=O) groups is 1. The summed E-state index contributed by atoms with van der Waals surface area (Å²) in [5.74, 6) is -1.30. The Hall–Kier alpha value is -2.18. The highest BCUT2D eigenvalue weighted by molar-refractivity contribution is 7.92. The van der Waals surface area contributed by atoms with Crippen LogP contribution in [0.3, 0.4) is 0 Å². The Balaban J connectivity index is 1.83. The van der Waals surface area contributed by atoms with Crippen LogP contribution in [0.1, 0.15) is 10.4 Å². The molecule has 0 radical (unpaired) electrons. The van der Waals surface area contributed by atoms with Crippen molar-refractivity contribution in [1.29, 1.82) is 0 Å². The number of nitrogens with zero attached hydrogens (tertiary/aromatic N) is 1. The highest BCUT2D eigenvalue weighted by atomic mass is 35.5. The van der Waals surface area contributed by atoms with Crippen LogP contribution in [0.5, 0.6) is 0 Å². The first-order valence-corrected chi connectivity index (χ1v) is 11.6. The summed E-state index contributed by atoms with van der Waals surface area (Å²) >= 11 is 5.78. The monoisotopic (exact) mass is 460 g/mol. The summed E-state index contributed by atoms with van der Waals surface area (Å²) in [4.78, 5) is 10.9. The topological polar surface area (TPSA) is 130 Å². The first-order valence-electron chi connectivity index (χ1n) is 8.35. The fourth-order valence-electron chi connectivity index (χ4n) is 2.69. The Bertz CT molecular complexity index is 1130. The van der Waals surface area contributed by atoms with Gasteiger partial charge in [0.1, 0.15) is 0 Å². The molecule has 1 aliphatic heterocycles. The van der Waals surface area contributed by atoms with Gasteiger partial charge in [-0.3, -0.25) is 4.72 Å². The number of carboxylic acids is 1. The van der Waals surface area contributed by atoms with Crippen LogP contribution in [0.15, 0.2) is 52.3 Å². The third-order valence-corrected chi connectivity index (χ3v) is 7.83. The maximum atomic E-state index is 12.6. The van der Waals surface area contributed by atoms with Crippen molar-refractivity contribution in [2.45, 2.75) is 9.79 Å². The molecule has 2 aromatic carbocycles. The van der Waals surface area contributed by atoms with Gasteiger partial charge in [0, 0.05) is 18.8 Å². The molecular formula is C17H17ClN2O7S2. The molecule has 0 atom stereocenters. The number of benzene rings is 2. The van der Waals surface area contributed by atoms with E-state index in [1.165, 1.54) is 40.7 Å². The van der Waals surface area contributed by atoms with Gasteiger partial charge in [0.15, 0.2) is 0 Å². The quantitative estimate of drug-likeness (QED) is 0.672. The van der Waals surface area contributed by atoms with Crippen LogP contribution in [-0.4, -0.2) is 58.5 Å². The molecule has 156 valence electrons. The summed E-state index contributed by atoms with van der Waals surface area (Å²) in [5.41, 5.74) is -0.240. The zero-order chi connectivity index (χ0) is 21.2. The van der Waals surface area contributed by atoms with Gasteiger partial charge in [0.2, 0.25) is 10.0 Å². The molecule has 0 spiro atoms. The average Bonchev–Trinajstić information content (AvgIpc) is 2.70. The van der Waals surface area contributed by atoms with Crippen molar-refractivity contribution in [3.8, 4) is 0 Å². The maximum absolute atomic E-state index is 12.6. The van der Waals surface area contributed by atoms with Crippen LogP contribution < -0.4 is 4.72 Å². The fraction of sp³-hybridized carbons (Fsp3) is 0.235. The van der Waals surface area contributed by atoms with Crippen LogP contribution in [0.4, 0.5) is 5.69 Å². The molecule has 9 nitrogen and oxygen atoms in total. The van der Waals surface area contributed by atoms with Gasteiger partial charge in [-0.1, -0.05) is 11.6 Å². The van der Waals surface area contributed by atoms with Gasteiger partial charge < -0.3 is 9.84 Å². The van der Waals surface area contributed by atoms with Crippen molar-refractivity contribution in [2.24, 2.45) is 0 Å². The summed E-state index contributed by atoms with van der Waals surface area (Å²) < 4.78 is 59.0. The van der Waals surface area contributed by atoms with Crippen LogP contribution >= 0.6 is 11.6 Å². The van der Waals surface area contributed by atoms with E-state index in [1.807, 2.05) is 0 Å². The molecule has 2 N–H and O–H groups in total. The summed E-state index contributed by atoms with van der Waals surface area (Å²) in [6.07, 6.45) is 0. The van der Waals surface area contributed by atoms with Crippen molar-refractivity contribution in [1.82, 2.24) is 4.31 Å². The first-order chi connectivity index (χ1) is 13.6. The predicted octanol–water partition coefficient (Wildman–Crippen LogP) is 1.86.